The standard InChI is InChI=1S/C23H18FN5O2S/c24-18-8-10-19(11-9-18)29(23(31)20-15-32-28-27-20)21(17-7-4-12-25-14-17)22(30)26-13-16-5-2-1-3-6-16/h1-12,14-15,21H,13H2,(H,26,30)/t21-/m1/s1. The van der Waals surface area contributed by atoms with E-state index in [1.54, 1.807) is 18.3 Å². The third-order valence-electron chi connectivity index (χ3n) is 4.72. The van der Waals surface area contributed by atoms with Crippen LogP contribution in [0.2, 0.25) is 0 Å². The Bertz CT molecular complexity index is 1170. The van der Waals surface area contributed by atoms with Crippen LogP contribution in [0.4, 0.5) is 10.1 Å². The molecule has 160 valence electrons. The van der Waals surface area contributed by atoms with E-state index < -0.39 is 23.7 Å². The van der Waals surface area contributed by atoms with Crippen LogP contribution < -0.4 is 10.2 Å². The summed E-state index contributed by atoms with van der Waals surface area (Å²) >= 11 is 1.02. The fourth-order valence-corrected chi connectivity index (χ4v) is 3.63. The first-order chi connectivity index (χ1) is 15.6. The number of anilines is 1. The van der Waals surface area contributed by atoms with E-state index in [0.717, 1.165) is 17.1 Å². The molecule has 0 aliphatic carbocycles. The first-order valence-electron chi connectivity index (χ1n) is 9.71. The van der Waals surface area contributed by atoms with Crippen molar-refractivity contribution in [3.05, 3.63) is 107 Å². The Balaban J connectivity index is 1.75. The van der Waals surface area contributed by atoms with E-state index in [9.17, 15) is 14.0 Å². The van der Waals surface area contributed by atoms with E-state index in [-0.39, 0.29) is 12.2 Å². The van der Waals surface area contributed by atoms with Crippen LogP contribution in [-0.2, 0) is 11.3 Å². The van der Waals surface area contributed by atoms with Gasteiger partial charge in [0.1, 0.15) is 11.9 Å². The quantitative estimate of drug-likeness (QED) is 0.466. The van der Waals surface area contributed by atoms with Crippen LogP contribution in [0, 0.1) is 5.82 Å². The Kier molecular flexibility index (Phi) is 6.57. The summed E-state index contributed by atoms with van der Waals surface area (Å²) in [7, 11) is 0. The van der Waals surface area contributed by atoms with E-state index in [4.69, 9.17) is 0 Å². The van der Waals surface area contributed by atoms with Crippen molar-refractivity contribution in [2.75, 3.05) is 4.90 Å². The lowest BCUT2D eigenvalue weighted by molar-refractivity contribution is -0.122. The largest absolute Gasteiger partial charge is 0.350 e. The maximum atomic E-state index is 13.6. The number of carbonyl (C=O) groups is 2. The second-order valence-corrected chi connectivity index (χ2v) is 7.44. The van der Waals surface area contributed by atoms with Gasteiger partial charge < -0.3 is 5.32 Å². The van der Waals surface area contributed by atoms with Gasteiger partial charge in [-0.05, 0) is 47.4 Å². The predicted molar refractivity (Wildman–Crippen MR) is 118 cm³/mol. The Morgan fingerprint density at radius 3 is 2.47 bits per heavy atom. The van der Waals surface area contributed by atoms with E-state index in [1.807, 2.05) is 30.3 Å². The highest BCUT2D eigenvalue weighted by molar-refractivity contribution is 7.03. The van der Waals surface area contributed by atoms with Crippen molar-refractivity contribution >= 4 is 29.0 Å². The van der Waals surface area contributed by atoms with Gasteiger partial charge in [0, 0.05) is 35.6 Å². The lowest BCUT2D eigenvalue weighted by Gasteiger charge is -2.30. The van der Waals surface area contributed by atoms with E-state index in [2.05, 4.69) is 19.9 Å². The summed E-state index contributed by atoms with van der Waals surface area (Å²) < 4.78 is 17.4. The van der Waals surface area contributed by atoms with Crippen LogP contribution in [0.15, 0.2) is 84.5 Å². The third kappa shape index (κ3) is 4.84. The van der Waals surface area contributed by atoms with Crippen molar-refractivity contribution < 1.29 is 14.0 Å². The zero-order chi connectivity index (χ0) is 22.3. The molecule has 4 aromatic rings. The normalized spacial score (nSPS) is 11.5. The molecule has 0 aliphatic rings. The van der Waals surface area contributed by atoms with Gasteiger partial charge in [0.05, 0.1) is 0 Å². The zero-order valence-corrected chi connectivity index (χ0v) is 17.6. The number of benzene rings is 2. The number of halogens is 1. The number of carbonyl (C=O) groups excluding carboxylic acids is 2. The van der Waals surface area contributed by atoms with Gasteiger partial charge in [-0.25, -0.2) is 4.39 Å². The fraction of sp³-hybridized carbons (Fsp3) is 0.0870. The summed E-state index contributed by atoms with van der Waals surface area (Å²) in [5.74, 6) is -1.40. The molecule has 2 aromatic carbocycles. The molecule has 0 unspecified atom stereocenters. The van der Waals surface area contributed by atoms with Crippen molar-refractivity contribution in [3.63, 3.8) is 0 Å². The number of pyridine rings is 1. The van der Waals surface area contributed by atoms with Gasteiger partial charge >= 0.3 is 0 Å². The Labute approximate surface area is 187 Å². The zero-order valence-electron chi connectivity index (χ0n) is 16.8. The molecule has 2 amide bonds. The minimum atomic E-state index is -1.06. The average Bonchev–Trinajstić information content (AvgIpc) is 3.38. The number of hydrogen-bond donors (Lipinski definition) is 1. The summed E-state index contributed by atoms with van der Waals surface area (Å²) in [6.45, 7) is 0.278. The predicted octanol–water partition coefficient (Wildman–Crippen LogP) is 3.78. The van der Waals surface area contributed by atoms with Gasteiger partial charge in [-0.2, -0.15) is 0 Å². The maximum Gasteiger partial charge on any atom is 0.280 e. The topological polar surface area (TPSA) is 88.1 Å². The van der Waals surface area contributed by atoms with E-state index in [0.29, 0.717) is 11.3 Å². The van der Waals surface area contributed by atoms with Crippen LogP contribution in [0.25, 0.3) is 0 Å². The van der Waals surface area contributed by atoms with Crippen molar-refractivity contribution in [3.8, 4) is 0 Å². The molecule has 0 radical (unpaired) electrons. The number of nitrogens with zero attached hydrogens (tertiary/aromatic N) is 4. The van der Waals surface area contributed by atoms with Crippen LogP contribution in [-0.4, -0.2) is 26.4 Å². The van der Waals surface area contributed by atoms with E-state index >= 15 is 0 Å². The second-order valence-electron chi connectivity index (χ2n) is 6.83. The number of rotatable bonds is 7. The fourth-order valence-electron chi connectivity index (χ4n) is 3.20. The molecule has 0 bridgehead atoms. The van der Waals surface area contributed by atoms with Gasteiger partial charge in [0.25, 0.3) is 5.91 Å². The number of aromatic nitrogens is 3. The molecule has 2 heterocycles. The smallest absolute Gasteiger partial charge is 0.280 e. The lowest BCUT2D eigenvalue weighted by atomic mass is 10.0. The highest BCUT2D eigenvalue weighted by Gasteiger charge is 2.34. The van der Waals surface area contributed by atoms with E-state index in [1.165, 1.54) is 40.7 Å². The molecule has 0 saturated carbocycles. The summed E-state index contributed by atoms with van der Waals surface area (Å²) in [6.07, 6.45) is 3.10. The van der Waals surface area contributed by atoms with Crippen LogP contribution in [0.3, 0.4) is 0 Å². The Hall–Kier alpha value is -3.98. The SMILES string of the molecule is O=C(NCc1ccccc1)[C@@H](c1cccnc1)N(C(=O)c1csnn1)c1ccc(F)cc1. The molecular weight excluding hydrogens is 429 g/mol. The van der Waals surface area contributed by atoms with Crippen LogP contribution in [0.1, 0.15) is 27.7 Å². The molecule has 1 N–H and O–H groups in total. The number of nitrogens with one attached hydrogen (secondary N) is 1. The summed E-state index contributed by atoms with van der Waals surface area (Å²) in [5.41, 5.74) is 1.84. The first-order valence-corrected chi connectivity index (χ1v) is 10.5. The highest BCUT2D eigenvalue weighted by atomic mass is 32.1. The van der Waals surface area contributed by atoms with Crippen molar-refractivity contribution in [1.29, 1.82) is 0 Å². The molecular formula is C23H18FN5O2S. The second kappa shape index (κ2) is 9.88. The minimum Gasteiger partial charge on any atom is -0.350 e. The summed E-state index contributed by atoms with van der Waals surface area (Å²) in [4.78, 5) is 32.3. The number of hydrogen-bond acceptors (Lipinski definition) is 6. The molecule has 0 fully saturated rings. The van der Waals surface area contributed by atoms with Gasteiger partial charge in [-0.3, -0.25) is 19.5 Å². The maximum absolute atomic E-state index is 13.6. The Morgan fingerprint density at radius 1 is 1.03 bits per heavy atom. The van der Waals surface area contributed by atoms with Gasteiger partial charge in [0.2, 0.25) is 5.91 Å². The average molecular weight is 447 g/mol. The van der Waals surface area contributed by atoms with Crippen molar-refractivity contribution in [2.24, 2.45) is 0 Å². The highest BCUT2D eigenvalue weighted by Crippen LogP contribution is 2.29. The van der Waals surface area contributed by atoms with Crippen molar-refractivity contribution in [1.82, 2.24) is 19.9 Å². The first kappa shape index (κ1) is 21.3. The monoisotopic (exact) mass is 447 g/mol. The molecule has 4 rings (SSSR count). The van der Waals surface area contributed by atoms with Crippen molar-refractivity contribution in [2.45, 2.75) is 12.6 Å². The molecule has 9 heteroatoms. The number of amides is 2. The lowest BCUT2D eigenvalue weighted by Crippen LogP contribution is -2.44. The van der Waals surface area contributed by atoms with Gasteiger partial charge in [-0.1, -0.05) is 40.9 Å². The molecule has 32 heavy (non-hydrogen) atoms. The third-order valence-corrected chi connectivity index (χ3v) is 5.22. The van der Waals surface area contributed by atoms with Gasteiger partial charge in [0.15, 0.2) is 5.69 Å². The minimum absolute atomic E-state index is 0.0871. The molecule has 0 aliphatic heterocycles. The molecule has 2 aromatic heterocycles. The van der Waals surface area contributed by atoms with Crippen LogP contribution in [0.5, 0.6) is 0 Å². The Morgan fingerprint density at radius 2 is 1.81 bits per heavy atom. The van der Waals surface area contributed by atoms with Crippen LogP contribution >= 0.6 is 11.5 Å². The molecule has 7 nitrogen and oxygen atoms in total. The summed E-state index contributed by atoms with van der Waals surface area (Å²) in [5, 5.41) is 8.26. The van der Waals surface area contributed by atoms with Gasteiger partial charge in [-0.15, -0.1) is 5.10 Å². The molecule has 0 saturated heterocycles. The molecule has 0 spiro atoms. The summed E-state index contributed by atoms with van der Waals surface area (Å²) in [6, 6.07) is 17.1. The molecule has 1 atom stereocenters.